The van der Waals surface area contributed by atoms with Crippen LogP contribution >= 0.6 is 0 Å². The molecule has 6 nitrogen and oxygen atoms in total. The molecule has 3 N–H and O–H groups in total. The SMILES string of the molecule is CC(C)(C)C(=O)O.O=C(O)/C=C/C(=O)O. The average Bonchev–Trinajstić information content (AvgIpc) is 2.00. The summed E-state index contributed by atoms with van der Waals surface area (Å²) in [6, 6.07) is 0. The molecule has 0 spiro atoms. The van der Waals surface area contributed by atoms with Crippen LogP contribution in [0.2, 0.25) is 0 Å². The maximum atomic E-state index is 10.0. The van der Waals surface area contributed by atoms with Gasteiger partial charge in [-0.15, -0.1) is 0 Å². The Morgan fingerprint density at radius 2 is 1.07 bits per heavy atom. The fraction of sp³-hybridized carbons (Fsp3) is 0.444. The molecule has 0 unspecified atom stereocenters. The highest BCUT2D eigenvalue weighted by molar-refractivity contribution is 5.89. The van der Waals surface area contributed by atoms with Crippen LogP contribution < -0.4 is 0 Å². The van der Waals surface area contributed by atoms with Crippen LogP contribution in [0.5, 0.6) is 0 Å². The van der Waals surface area contributed by atoms with Crippen LogP contribution in [0, 0.1) is 5.41 Å². The molecule has 0 saturated carbocycles. The zero-order chi connectivity index (χ0) is 12.6. The van der Waals surface area contributed by atoms with Crippen LogP contribution in [-0.4, -0.2) is 33.2 Å². The maximum absolute atomic E-state index is 10.0. The third kappa shape index (κ3) is 15.0. The van der Waals surface area contributed by atoms with Crippen molar-refractivity contribution in [2.24, 2.45) is 5.41 Å². The van der Waals surface area contributed by atoms with E-state index in [9.17, 15) is 14.4 Å². The van der Waals surface area contributed by atoms with E-state index in [2.05, 4.69) is 0 Å². The Labute approximate surface area is 86.8 Å². The van der Waals surface area contributed by atoms with Crippen LogP contribution in [0.15, 0.2) is 12.2 Å². The van der Waals surface area contributed by atoms with Gasteiger partial charge < -0.3 is 15.3 Å². The summed E-state index contributed by atoms with van der Waals surface area (Å²) in [5.41, 5.74) is -0.583. The Morgan fingerprint density at radius 1 is 0.867 bits per heavy atom. The quantitative estimate of drug-likeness (QED) is 0.592. The van der Waals surface area contributed by atoms with Gasteiger partial charge >= 0.3 is 17.9 Å². The van der Waals surface area contributed by atoms with Crippen molar-refractivity contribution in [1.29, 1.82) is 0 Å². The Kier molecular flexibility index (Phi) is 6.85. The van der Waals surface area contributed by atoms with E-state index in [-0.39, 0.29) is 0 Å². The zero-order valence-electron chi connectivity index (χ0n) is 8.72. The first-order valence-corrected chi connectivity index (χ1v) is 3.94. The van der Waals surface area contributed by atoms with E-state index < -0.39 is 23.3 Å². The van der Waals surface area contributed by atoms with E-state index >= 15 is 0 Å². The van der Waals surface area contributed by atoms with Gasteiger partial charge in [-0.25, -0.2) is 9.59 Å². The van der Waals surface area contributed by atoms with Crippen molar-refractivity contribution in [3.63, 3.8) is 0 Å². The molecular formula is C9H14O6. The summed E-state index contributed by atoms with van der Waals surface area (Å²) in [5.74, 6) is -3.27. The predicted molar refractivity (Wildman–Crippen MR) is 51.5 cm³/mol. The van der Waals surface area contributed by atoms with Crippen molar-refractivity contribution in [3.8, 4) is 0 Å². The molecule has 0 aliphatic heterocycles. The second-order valence-corrected chi connectivity index (χ2v) is 3.56. The lowest BCUT2D eigenvalue weighted by Crippen LogP contribution is -2.18. The molecule has 86 valence electrons. The number of rotatable bonds is 2. The van der Waals surface area contributed by atoms with Crippen LogP contribution in [0.1, 0.15) is 20.8 Å². The molecule has 0 fully saturated rings. The molecule has 15 heavy (non-hydrogen) atoms. The molecule has 0 aromatic carbocycles. The van der Waals surface area contributed by atoms with Gasteiger partial charge in [0.1, 0.15) is 0 Å². The van der Waals surface area contributed by atoms with Gasteiger partial charge in [0.15, 0.2) is 0 Å². The highest BCUT2D eigenvalue weighted by Crippen LogP contribution is 2.11. The number of carboxylic acids is 3. The third-order valence-electron chi connectivity index (χ3n) is 1.01. The van der Waals surface area contributed by atoms with Crippen molar-refractivity contribution in [1.82, 2.24) is 0 Å². The first-order valence-electron chi connectivity index (χ1n) is 3.94. The van der Waals surface area contributed by atoms with Crippen LogP contribution in [0.3, 0.4) is 0 Å². The molecule has 0 aromatic heterocycles. The van der Waals surface area contributed by atoms with Crippen molar-refractivity contribution < 1.29 is 29.7 Å². The first kappa shape index (κ1) is 15.6. The number of hydrogen-bond acceptors (Lipinski definition) is 3. The lowest BCUT2D eigenvalue weighted by molar-refractivity contribution is -0.145. The van der Waals surface area contributed by atoms with Crippen molar-refractivity contribution in [2.45, 2.75) is 20.8 Å². The van der Waals surface area contributed by atoms with E-state index in [1.807, 2.05) is 0 Å². The van der Waals surface area contributed by atoms with E-state index in [4.69, 9.17) is 15.3 Å². The van der Waals surface area contributed by atoms with Crippen LogP contribution in [0.4, 0.5) is 0 Å². The van der Waals surface area contributed by atoms with Gasteiger partial charge in [-0.05, 0) is 20.8 Å². The highest BCUT2D eigenvalue weighted by atomic mass is 16.4. The molecular weight excluding hydrogens is 204 g/mol. The van der Waals surface area contributed by atoms with Gasteiger partial charge in [0.25, 0.3) is 0 Å². The Hall–Kier alpha value is -1.85. The van der Waals surface area contributed by atoms with Crippen molar-refractivity contribution >= 4 is 17.9 Å². The second-order valence-electron chi connectivity index (χ2n) is 3.56. The van der Waals surface area contributed by atoms with Crippen molar-refractivity contribution in [2.75, 3.05) is 0 Å². The van der Waals surface area contributed by atoms with Crippen LogP contribution in [-0.2, 0) is 14.4 Å². The zero-order valence-corrected chi connectivity index (χ0v) is 8.72. The monoisotopic (exact) mass is 218 g/mol. The molecule has 0 amide bonds. The topological polar surface area (TPSA) is 112 Å². The van der Waals surface area contributed by atoms with Gasteiger partial charge in [-0.1, -0.05) is 0 Å². The molecule has 0 aliphatic rings. The van der Waals surface area contributed by atoms with E-state index in [0.717, 1.165) is 0 Å². The summed E-state index contributed by atoms with van der Waals surface area (Å²) in [4.78, 5) is 29.1. The number of carboxylic acid groups (broad SMARTS) is 3. The minimum atomic E-state index is -1.26. The minimum absolute atomic E-state index is 0.558. The number of carbonyl (C=O) groups is 3. The summed E-state index contributed by atoms with van der Waals surface area (Å²) in [6.45, 7) is 4.99. The smallest absolute Gasteiger partial charge is 0.328 e. The van der Waals surface area contributed by atoms with Gasteiger partial charge in [-0.2, -0.15) is 0 Å². The normalized spacial score (nSPS) is 10.3. The van der Waals surface area contributed by atoms with Gasteiger partial charge in [-0.3, -0.25) is 4.79 Å². The summed E-state index contributed by atoms with van der Waals surface area (Å²) < 4.78 is 0. The summed E-state index contributed by atoms with van der Waals surface area (Å²) in [5, 5.41) is 23.9. The summed E-state index contributed by atoms with van der Waals surface area (Å²) in [6.07, 6.45) is 1.12. The van der Waals surface area contributed by atoms with E-state index in [0.29, 0.717) is 12.2 Å². The largest absolute Gasteiger partial charge is 0.481 e. The number of hydrogen-bond donors (Lipinski definition) is 3. The molecule has 0 aliphatic carbocycles. The van der Waals surface area contributed by atoms with Gasteiger partial charge in [0.2, 0.25) is 0 Å². The second kappa shape index (κ2) is 6.58. The fourth-order valence-corrected chi connectivity index (χ4v) is 0.143. The van der Waals surface area contributed by atoms with Gasteiger partial charge in [0.05, 0.1) is 5.41 Å². The average molecular weight is 218 g/mol. The molecule has 0 bridgehead atoms. The molecule has 0 rings (SSSR count). The molecule has 0 aromatic rings. The van der Waals surface area contributed by atoms with E-state index in [1.54, 1.807) is 20.8 Å². The molecule has 0 saturated heterocycles. The maximum Gasteiger partial charge on any atom is 0.328 e. The molecule has 0 atom stereocenters. The first-order chi connectivity index (χ1) is 6.57. The summed E-state index contributed by atoms with van der Waals surface area (Å²) in [7, 11) is 0. The Balaban J connectivity index is 0. The third-order valence-corrected chi connectivity index (χ3v) is 1.01. The molecule has 0 radical (unpaired) electrons. The highest BCUT2D eigenvalue weighted by Gasteiger charge is 2.18. The predicted octanol–water partition coefficient (Wildman–Crippen LogP) is 0.829. The fourth-order valence-electron chi connectivity index (χ4n) is 0.143. The van der Waals surface area contributed by atoms with E-state index in [1.165, 1.54) is 0 Å². The Bertz CT molecular complexity index is 255. The van der Waals surface area contributed by atoms with Crippen LogP contribution in [0.25, 0.3) is 0 Å². The standard InChI is InChI=1S/C5H10O2.C4H4O4/c1-5(2,3)4(6)7;5-3(6)1-2-4(7)8/h1-3H3,(H,6,7);1-2H,(H,5,6)(H,7,8)/b;2-1+. The Morgan fingerprint density at radius 3 is 1.13 bits per heavy atom. The minimum Gasteiger partial charge on any atom is -0.481 e. The lowest BCUT2D eigenvalue weighted by atomic mass is 9.98. The van der Waals surface area contributed by atoms with Crippen molar-refractivity contribution in [3.05, 3.63) is 12.2 Å². The lowest BCUT2D eigenvalue weighted by Gasteiger charge is -2.08. The number of aliphatic carboxylic acids is 3. The molecule has 6 heteroatoms. The van der Waals surface area contributed by atoms with Gasteiger partial charge in [0, 0.05) is 12.2 Å². The summed E-state index contributed by atoms with van der Waals surface area (Å²) >= 11 is 0. The molecule has 0 heterocycles.